The minimum absolute atomic E-state index is 0.113. The van der Waals surface area contributed by atoms with Gasteiger partial charge in [-0.05, 0) is 59.9 Å². The van der Waals surface area contributed by atoms with Crippen LogP contribution in [0.4, 0.5) is 5.95 Å². The van der Waals surface area contributed by atoms with Crippen molar-refractivity contribution < 1.29 is 0 Å². The quantitative estimate of drug-likeness (QED) is 0.902. The van der Waals surface area contributed by atoms with Crippen LogP contribution < -0.4 is 10.9 Å². The number of anilines is 1. The molecule has 0 aromatic carbocycles. The fraction of sp³-hybridized carbons (Fsp3) is 0.692. The Balaban J connectivity index is 1.65. The van der Waals surface area contributed by atoms with Gasteiger partial charge in [0.2, 0.25) is 5.95 Å². The Morgan fingerprint density at radius 1 is 1.44 bits per heavy atom. The summed E-state index contributed by atoms with van der Waals surface area (Å²) in [4.78, 5) is 18.7. The number of aryl methyl sites for hydroxylation is 1. The molecular formula is C13H18BrN3O. The summed E-state index contributed by atoms with van der Waals surface area (Å²) in [7, 11) is 0. The third kappa shape index (κ3) is 2.20. The predicted octanol–water partition coefficient (Wildman–Crippen LogP) is 2.69. The van der Waals surface area contributed by atoms with E-state index < -0.39 is 0 Å². The maximum absolute atomic E-state index is 11.6. The van der Waals surface area contributed by atoms with Crippen LogP contribution in [-0.4, -0.2) is 16.5 Å². The first-order valence-electron chi connectivity index (χ1n) is 6.63. The van der Waals surface area contributed by atoms with Gasteiger partial charge in [-0.3, -0.25) is 9.78 Å². The van der Waals surface area contributed by atoms with Crippen molar-refractivity contribution in [3.63, 3.8) is 0 Å². The molecule has 18 heavy (non-hydrogen) atoms. The van der Waals surface area contributed by atoms with Crippen molar-refractivity contribution in [1.29, 1.82) is 0 Å². The zero-order valence-electron chi connectivity index (χ0n) is 10.5. The summed E-state index contributed by atoms with van der Waals surface area (Å²) in [6, 6.07) is 0. The fourth-order valence-electron chi connectivity index (χ4n) is 3.51. The lowest BCUT2D eigenvalue weighted by Gasteiger charge is -2.21. The highest BCUT2D eigenvalue weighted by Gasteiger charge is 2.39. The van der Waals surface area contributed by atoms with Crippen LogP contribution in [0.5, 0.6) is 0 Å². The zero-order chi connectivity index (χ0) is 12.7. The van der Waals surface area contributed by atoms with Crippen LogP contribution in [0.1, 0.15) is 31.4 Å². The molecule has 2 aliphatic rings. The van der Waals surface area contributed by atoms with Crippen LogP contribution in [0.25, 0.3) is 0 Å². The molecule has 0 aliphatic heterocycles. The van der Waals surface area contributed by atoms with Crippen LogP contribution in [0.2, 0.25) is 0 Å². The lowest BCUT2D eigenvalue weighted by molar-refractivity contribution is 0.348. The van der Waals surface area contributed by atoms with Crippen molar-refractivity contribution in [3.05, 3.63) is 20.5 Å². The topological polar surface area (TPSA) is 57.8 Å². The standard InChI is InChI=1S/C13H18BrN3O/c1-7-11(14)12(18)17-13(16-7)15-6-10-5-8-2-3-9(10)4-8/h8-10H,2-6H2,1H3,(H2,15,16,17,18)/t8-,9+,10-/m0/s1. The highest BCUT2D eigenvalue weighted by molar-refractivity contribution is 9.10. The van der Waals surface area contributed by atoms with Gasteiger partial charge in [0, 0.05) is 6.54 Å². The molecule has 0 amide bonds. The average molecular weight is 312 g/mol. The first-order chi connectivity index (χ1) is 8.63. The van der Waals surface area contributed by atoms with E-state index in [0.29, 0.717) is 10.4 Å². The third-order valence-electron chi connectivity index (χ3n) is 4.44. The molecule has 0 unspecified atom stereocenters. The monoisotopic (exact) mass is 311 g/mol. The Labute approximate surface area is 115 Å². The first kappa shape index (κ1) is 12.2. The Kier molecular flexibility index (Phi) is 3.18. The van der Waals surface area contributed by atoms with Crippen LogP contribution in [0.3, 0.4) is 0 Å². The Bertz CT molecular complexity index is 513. The molecule has 2 bridgehead atoms. The molecule has 3 atom stereocenters. The van der Waals surface area contributed by atoms with E-state index in [1.807, 2.05) is 6.92 Å². The van der Waals surface area contributed by atoms with Gasteiger partial charge in [-0.25, -0.2) is 4.98 Å². The SMILES string of the molecule is Cc1nc(NC[C@@H]2C[C@H]3CC[C@@H]2C3)[nH]c(=O)c1Br. The Morgan fingerprint density at radius 3 is 2.89 bits per heavy atom. The first-order valence-corrected chi connectivity index (χ1v) is 7.43. The summed E-state index contributed by atoms with van der Waals surface area (Å²) in [6.45, 7) is 2.77. The van der Waals surface area contributed by atoms with E-state index in [1.54, 1.807) is 0 Å². The van der Waals surface area contributed by atoms with Gasteiger partial charge in [0.15, 0.2) is 0 Å². The molecule has 0 radical (unpaired) electrons. The van der Waals surface area contributed by atoms with Gasteiger partial charge in [-0.15, -0.1) is 0 Å². The molecule has 2 saturated carbocycles. The molecule has 2 fully saturated rings. The summed E-state index contributed by atoms with van der Waals surface area (Å²) in [5.74, 6) is 3.22. The Morgan fingerprint density at radius 2 is 2.28 bits per heavy atom. The zero-order valence-corrected chi connectivity index (χ0v) is 12.1. The second kappa shape index (κ2) is 4.68. The lowest BCUT2D eigenvalue weighted by atomic mass is 9.89. The molecule has 1 heterocycles. The number of halogens is 1. The fourth-order valence-corrected chi connectivity index (χ4v) is 3.70. The smallest absolute Gasteiger partial charge is 0.266 e. The van der Waals surface area contributed by atoms with Crippen LogP contribution in [0.15, 0.2) is 9.27 Å². The average Bonchev–Trinajstić information content (AvgIpc) is 2.95. The summed E-state index contributed by atoms with van der Waals surface area (Å²) in [6.07, 6.45) is 5.57. The molecule has 1 aromatic heterocycles. The predicted molar refractivity (Wildman–Crippen MR) is 74.7 cm³/mol. The van der Waals surface area contributed by atoms with Gasteiger partial charge in [0.1, 0.15) is 4.47 Å². The molecule has 0 saturated heterocycles. The maximum atomic E-state index is 11.6. The van der Waals surface area contributed by atoms with E-state index in [0.717, 1.165) is 30.0 Å². The van der Waals surface area contributed by atoms with Gasteiger partial charge in [-0.1, -0.05) is 6.42 Å². The summed E-state index contributed by atoms with van der Waals surface area (Å²) in [5.41, 5.74) is 0.618. The van der Waals surface area contributed by atoms with Crippen LogP contribution in [-0.2, 0) is 0 Å². The molecular weight excluding hydrogens is 294 g/mol. The van der Waals surface area contributed by atoms with Crippen LogP contribution >= 0.6 is 15.9 Å². The number of rotatable bonds is 3. The molecule has 4 nitrogen and oxygen atoms in total. The number of nitrogens with zero attached hydrogens (tertiary/aromatic N) is 1. The van der Waals surface area contributed by atoms with E-state index in [1.165, 1.54) is 25.7 Å². The van der Waals surface area contributed by atoms with Gasteiger partial charge in [-0.2, -0.15) is 0 Å². The van der Waals surface area contributed by atoms with Crippen molar-refractivity contribution in [3.8, 4) is 0 Å². The highest BCUT2D eigenvalue weighted by atomic mass is 79.9. The van der Waals surface area contributed by atoms with E-state index in [2.05, 4.69) is 31.2 Å². The molecule has 1 aromatic rings. The summed E-state index contributed by atoms with van der Waals surface area (Å²) < 4.78 is 0.521. The number of H-pyrrole nitrogens is 1. The van der Waals surface area contributed by atoms with Gasteiger partial charge in [0.25, 0.3) is 5.56 Å². The number of nitrogens with one attached hydrogen (secondary N) is 2. The van der Waals surface area contributed by atoms with Crippen molar-refractivity contribution in [2.75, 3.05) is 11.9 Å². The minimum atomic E-state index is -0.113. The number of hydrogen-bond donors (Lipinski definition) is 2. The van der Waals surface area contributed by atoms with E-state index >= 15 is 0 Å². The summed E-state index contributed by atoms with van der Waals surface area (Å²) >= 11 is 3.22. The van der Waals surface area contributed by atoms with Crippen LogP contribution in [0, 0.1) is 24.7 Å². The van der Waals surface area contributed by atoms with Crippen molar-refractivity contribution in [2.45, 2.75) is 32.6 Å². The Hall–Kier alpha value is -0.840. The maximum Gasteiger partial charge on any atom is 0.266 e. The largest absolute Gasteiger partial charge is 0.355 e. The van der Waals surface area contributed by atoms with E-state index in [9.17, 15) is 4.79 Å². The van der Waals surface area contributed by atoms with Gasteiger partial charge >= 0.3 is 0 Å². The molecule has 3 rings (SSSR count). The second-order valence-electron chi connectivity index (χ2n) is 5.63. The molecule has 2 N–H and O–H groups in total. The molecule has 0 spiro atoms. The van der Waals surface area contributed by atoms with E-state index in [4.69, 9.17) is 0 Å². The number of fused-ring (bicyclic) bond motifs is 2. The number of aromatic nitrogens is 2. The van der Waals surface area contributed by atoms with Gasteiger partial charge in [0.05, 0.1) is 5.69 Å². The third-order valence-corrected chi connectivity index (χ3v) is 5.38. The van der Waals surface area contributed by atoms with Crippen molar-refractivity contribution >= 4 is 21.9 Å². The molecule has 98 valence electrons. The molecule has 2 aliphatic carbocycles. The number of aromatic amines is 1. The summed E-state index contributed by atoms with van der Waals surface area (Å²) in [5, 5.41) is 3.29. The lowest BCUT2D eigenvalue weighted by Crippen LogP contribution is -2.23. The highest BCUT2D eigenvalue weighted by Crippen LogP contribution is 2.48. The van der Waals surface area contributed by atoms with Crippen molar-refractivity contribution in [2.24, 2.45) is 17.8 Å². The van der Waals surface area contributed by atoms with Gasteiger partial charge < -0.3 is 5.32 Å². The number of hydrogen-bond acceptors (Lipinski definition) is 3. The van der Waals surface area contributed by atoms with E-state index in [-0.39, 0.29) is 5.56 Å². The molecule has 5 heteroatoms. The van der Waals surface area contributed by atoms with Crippen molar-refractivity contribution in [1.82, 2.24) is 9.97 Å². The minimum Gasteiger partial charge on any atom is -0.355 e. The second-order valence-corrected chi connectivity index (χ2v) is 6.42. The normalized spacial score (nSPS) is 29.8.